The monoisotopic (exact) mass is 257 g/mol. The predicted octanol–water partition coefficient (Wildman–Crippen LogP) is 1.26. The van der Waals surface area contributed by atoms with Crippen molar-refractivity contribution in [2.75, 3.05) is 19.7 Å². The lowest BCUT2D eigenvalue weighted by molar-refractivity contribution is -0.143. The lowest BCUT2D eigenvalue weighted by Crippen LogP contribution is -2.46. The topological polar surface area (TPSA) is 60.8 Å². The molecular weight excluding hydrogens is 230 g/mol. The Morgan fingerprint density at radius 2 is 1.83 bits per heavy atom. The molecule has 0 aromatic carbocycles. The maximum Gasteiger partial charge on any atom is 0.253 e. The van der Waals surface area contributed by atoms with E-state index in [9.17, 15) is 9.90 Å². The maximum atomic E-state index is 11.7. The van der Waals surface area contributed by atoms with Gasteiger partial charge in [0, 0.05) is 13.1 Å². The summed E-state index contributed by atoms with van der Waals surface area (Å²) in [6.07, 6.45) is 0.728. The van der Waals surface area contributed by atoms with Crippen LogP contribution in [0, 0.1) is 17.3 Å². The van der Waals surface area contributed by atoms with Gasteiger partial charge in [0.15, 0.2) is 6.10 Å². The molecule has 0 saturated carbocycles. The summed E-state index contributed by atoms with van der Waals surface area (Å²) in [7, 11) is 0. The molecule has 18 heavy (non-hydrogen) atoms. The van der Waals surface area contributed by atoms with E-state index in [2.05, 4.69) is 27.7 Å². The van der Waals surface area contributed by atoms with Crippen molar-refractivity contribution in [1.29, 1.82) is 0 Å². The van der Waals surface area contributed by atoms with E-state index in [0.717, 1.165) is 12.8 Å². The van der Waals surface area contributed by atoms with Crippen LogP contribution in [-0.2, 0) is 4.79 Å². The van der Waals surface area contributed by atoms with E-state index < -0.39 is 12.7 Å². The molecule has 1 saturated heterocycles. The molecule has 1 fully saturated rings. The lowest BCUT2D eigenvalue weighted by Gasteiger charge is -2.40. The molecule has 0 aliphatic carbocycles. The third-order valence-electron chi connectivity index (χ3n) is 4.38. The Labute approximate surface area is 110 Å². The van der Waals surface area contributed by atoms with Gasteiger partial charge in [-0.25, -0.2) is 0 Å². The van der Waals surface area contributed by atoms with Gasteiger partial charge in [-0.2, -0.15) is 0 Å². The van der Waals surface area contributed by atoms with E-state index in [1.807, 2.05) is 0 Å². The van der Waals surface area contributed by atoms with Gasteiger partial charge in [0.2, 0.25) is 0 Å². The summed E-state index contributed by atoms with van der Waals surface area (Å²) in [5, 5.41) is 18.1. The summed E-state index contributed by atoms with van der Waals surface area (Å²) in [5.41, 5.74) is 0.293. The number of amides is 1. The van der Waals surface area contributed by atoms with Crippen molar-refractivity contribution in [3.63, 3.8) is 0 Å². The summed E-state index contributed by atoms with van der Waals surface area (Å²) in [6.45, 7) is 9.95. The highest BCUT2D eigenvalue weighted by atomic mass is 16.3. The molecule has 0 radical (unpaired) electrons. The molecule has 0 spiro atoms. The summed E-state index contributed by atoms with van der Waals surface area (Å²) < 4.78 is 0. The molecule has 4 nitrogen and oxygen atoms in total. The molecule has 2 N–H and O–H groups in total. The third kappa shape index (κ3) is 3.69. The van der Waals surface area contributed by atoms with Gasteiger partial charge in [-0.3, -0.25) is 4.79 Å². The second-order valence-corrected chi connectivity index (χ2v) is 6.52. The van der Waals surface area contributed by atoms with Crippen LogP contribution in [0.3, 0.4) is 0 Å². The number of carbonyl (C=O) groups is 1. The van der Waals surface area contributed by atoms with Gasteiger partial charge in [0.1, 0.15) is 0 Å². The van der Waals surface area contributed by atoms with Crippen molar-refractivity contribution in [2.45, 2.75) is 46.6 Å². The average Bonchev–Trinajstić information content (AvgIpc) is 2.35. The largest absolute Gasteiger partial charge is 0.393 e. The first-order chi connectivity index (χ1) is 8.27. The average molecular weight is 257 g/mol. The fourth-order valence-corrected chi connectivity index (χ4v) is 2.62. The van der Waals surface area contributed by atoms with Gasteiger partial charge < -0.3 is 15.1 Å². The number of nitrogens with zero attached hydrogens (tertiary/aromatic N) is 1. The van der Waals surface area contributed by atoms with E-state index in [1.165, 1.54) is 0 Å². The summed E-state index contributed by atoms with van der Waals surface area (Å²) in [4.78, 5) is 13.4. The number of piperidine rings is 1. The fourth-order valence-electron chi connectivity index (χ4n) is 2.62. The molecule has 1 rings (SSSR count). The molecule has 2 atom stereocenters. The fraction of sp³-hybridized carbons (Fsp3) is 0.929. The van der Waals surface area contributed by atoms with Crippen LogP contribution < -0.4 is 0 Å². The molecule has 106 valence electrons. The Morgan fingerprint density at radius 3 is 2.22 bits per heavy atom. The molecule has 0 bridgehead atoms. The van der Waals surface area contributed by atoms with Crippen molar-refractivity contribution in [3.8, 4) is 0 Å². The Balaban J connectivity index is 2.49. The van der Waals surface area contributed by atoms with E-state index in [1.54, 1.807) is 4.90 Å². The molecule has 4 heteroatoms. The van der Waals surface area contributed by atoms with Gasteiger partial charge >= 0.3 is 0 Å². The Hall–Kier alpha value is -0.610. The van der Waals surface area contributed by atoms with Crippen LogP contribution in [0.5, 0.6) is 0 Å². The van der Waals surface area contributed by atoms with Crippen molar-refractivity contribution >= 4 is 5.91 Å². The normalized spacial score (nSPS) is 21.8. The van der Waals surface area contributed by atoms with Crippen LogP contribution in [-0.4, -0.2) is 46.8 Å². The smallest absolute Gasteiger partial charge is 0.253 e. The molecule has 0 aromatic heterocycles. The minimum Gasteiger partial charge on any atom is -0.393 e. The van der Waals surface area contributed by atoms with Gasteiger partial charge in [0.25, 0.3) is 5.91 Å². The number of likely N-dealkylation sites (tertiary alicyclic amines) is 1. The van der Waals surface area contributed by atoms with Crippen molar-refractivity contribution < 1.29 is 15.0 Å². The number of carbonyl (C=O) groups excluding carboxylic acids is 1. The highest BCUT2D eigenvalue weighted by Crippen LogP contribution is 2.36. The quantitative estimate of drug-likeness (QED) is 0.800. The number of aliphatic hydroxyl groups excluding tert-OH is 2. The zero-order valence-electron chi connectivity index (χ0n) is 12.0. The highest BCUT2D eigenvalue weighted by Gasteiger charge is 2.33. The summed E-state index contributed by atoms with van der Waals surface area (Å²) in [5.74, 6) is 0.928. The first kappa shape index (κ1) is 15.4. The van der Waals surface area contributed by atoms with Gasteiger partial charge in [-0.15, -0.1) is 0 Å². The van der Waals surface area contributed by atoms with Crippen LogP contribution in [0.25, 0.3) is 0 Å². The molecule has 1 amide bonds. The van der Waals surface area contributed by atoms with Crippen LogP contribution in [0.15, 0.2) is 0 Å². The molecule has 0 aromatic rings. The summed E-state index contributed by atoms with van der Waals surface area (Å²) >= 11 is 0. The van der Waals surface area contributed by atoms with E-state index in [0.29, 0.717) is 30.3 Å². The van der Waals surface area contributed by atoms with Crippen LogP contribution in [0.1, 0.15) is 40.5 Å². The molecule has 1 heterocycles. The Kier molecular flexibility index (Phi) is 5.17. The van der Waals surface area contributed by atoms with Crippen molar-refractivity contribution in [2.24, 2.45) is 17.3 Å². The zero-order chi connectivity index (χ0) is 13.9. The van der Waals surface area contributed by atoms with Crippen LogP contribution in [0.2, 0.25) is 0 Å². The van der Waals surface area contributed by atoms with Gasteiger partial charge in [-0.1, -0.05) is 27.7 Å². The summed E-state index contributed by atoms with van der Waals surface area (Å²) in [6, 6.07) is 0. The van der Waals surface area contributed by atoms with Gasteiger partial charge in [-0.05, 0) is 30.1 Å². The Bertz CT molecular complexity index is 277. The minimum atomic E-state index is -1.25. The molecule has 1 aliphatic heterocycles. The molecule has 1 aliphatic rings. The first-order valence-electron chi connectivity index (χ1n) is 6.85. The highest BCUT2D eigenvalue weighted by molar-refractivity contribution is 5.80. The Morgan fingerprint density at radius 1 is 1.33 bits per heavy atom. The predicted molar refractivity (Wildman–Crippen MR) is 71.0 cm³/mol. The maximum absolute atomic E-state index is 11.7. The van der Waals surface area contributed by atoms with E-state index >= 15 is 0 Å². The number of hydrogen-bond acceptors (Lipinski definition) is 3. The van der Waals surface area contributed by atoms with E-state index in [-0.39, 0.29) is 5.91 Å². The van der Waals surface area contributed by atoms with E-state index in [4.69, 9.17) is 5.11 Å². The third-order valence-corrected chi connectivity index (χ3v) is 4.38. The zero-order valence-corrected chi connectivity index (χ0v) is 12.0. The molecular formula is C14H27NO3. The number of rotatable bonds is 3. The second-order valence-electron chi connectivity index (χ2n) is 6.52. The van der Waals surface area contributed by atoms with Crippen LogP contribution in [0.4, 0.5) is 0 Å². The lowest BCUT2D eigenvalue weighted by atomic mass is 9.71. The minimum absolute atomic E-state index is 0.293. The van der Waals surface area contributed by atoms with Crippen LogP contribution >= 0.6 is 0 Å². The van der Waals surface area contributed by atoms with Gasteiger partial charge in [0.05, 0.1) is 6.61 Å². The molecule has 1 unspecified atom stereocenters. The van der Waals surface area contributed by atoms with Crippen molar-refractivity contribution in [3.05, 3.63) is 0 Å². The number of hydrogen-bond donors (Lipinski definition) is 2. The SMILES string of the molecule is C[C@H](C1CCN(C(=O)C(O)CO)CC1)C(C)(C)C. The second kappa shape index (κ2) is 6.02. The standard InChI is InChI=1S/C14H27NO3/c1-10(14(2,3)4)11-5-7-15(8-6-11)13(18)12(17)9-16/h10-12,16-17H,5-9H2,1-4H3/t10-,12?/m1/s1. The number of aliphatic hydroxyl groups is 2. The van der Waals surface area contributed by atoms with Crippen molar-refractivity contribution in [1.82, 2.24) is 4.90 Å². The first-order valence-corrected chi connectivity index (χ1v) is 6.85.